The van der Waals surface area contributed by atoms with Gasteiger partial charge in [0.1, 0.15) is 5.82 Å². The Morgan fingerprint density at radius 1 is 1.36 bits per heavy atom. The lowest BCUT2D eigenvalue weighted by atomic mass is 9.96. The maximum absolute atomic E-state index is 14.4. The minimum Gasteiger partial charge on any atom is -0.369 e. The van der Waals surface area contributed by atoms with Crippen LogP contribution in [0.15, 0.2) is 22.7 Å². The molecule has 0 aromatic heterocycles. The number of hydrogen-bond donors (Lipinski definition) is 1. The zero-order chi connectivity index (χ0) is 16.5. The molecular formula is C14H14BrF3N2O2. The van der Waals surface area contributed by atoms with Gasteiger partial charge in [-0.05, 0) is 34.8 Å². The first-order valence-corrected chi connectivity index (χ1v) is 7.45. The fourth-order valence-electron chi connectivity index (χ4n) is 2.45. The topological polar surface area (TPSA) is 63.4 Å². The summed E-state index contributed by atoms with van der Waals surface area (Å²) in [5.41, 5.74) is 4.43. The van der Waals surface area contributed by atoms with Crippen molar-refractivity contribution in [2.45, 2.75) is 18.8 Å². The second kappa shape index (κ2) is 6.28. The Kier molecular flexibility index (Phi) is 4.79. The molecule has 8 heteroatoms. The number of carbonyl (C=O) groups excluding carboxylic acids is 2. The summed E-state index contributed by atoms with van der Waals surface area (Å²) >= 11 is 2.74. The summed E-state index contributed by atoms with van der Waals surface area (Å²) in [7, 11) is 0. The highest BCUT2D eigenvalue weighted by Gasteiger charge is 2.46. The highest BCUT2D eigenvalue weighted by molar-refractivity contribution is 9.10. The van der Waals surface area contributed by atoms with Gasteiger partial charge in [-0.15, -0.1) is 0 Å². The second-order valence-corrected chi connectivity index (χ2v) is 5.96. The summed E-state index contributed by atoms with van der Waals surface area (Å²) in [5.74, 6) is -7.47. The third kappa shape index (κ3) is 3.11. The van der Waals surface area contributed by atoms with Gasteiger partial charge < -0.3 is 10.6 Å². The quantitative estimate of drug-likeness (QED) is 0.877. The van der Waals surface area contributed by atoms with Crippen LogP contribution in [-0.2, 0) is 15.5 Å². The first-order chi connectivity index (χ1) is 10.2. The number of amides is 2. The van der Waals surface area contributed by atoms with Crippen molar-refractivity contribution >= 4 is 27.7 Å². The highest BCUT2D eigenvalue weighted by Crippen LogP contribution is 2.37. The van der Waals surface area contributed by atoms with E-state index >= 15 is 0 Å². The lowest BCUT2D eigenvalue weighted by molar-refractivity contribution is -0.161. The fraction of sp³-hybridized carbons (Fsp3) is 0.429. The number of benzene rings is 1. The molecular weight excluding hydrogens is 365 g/mol. The molecule has 1 saturated heterocycles. The van der Waals surface area contributed by atoms with Crippen LogP contribution in [0.3, 0.4) is 0 Å². The van der Waals surface area contributed by atoms with Gasteiger partial charge in [-0.3, -0.25) is 9.59 Å². The zero-order valence-electron chi connectivity index (χ0n) is 11.5. The molecule has 1 aliphatic heterocycles. The molecule has 1 fully saturated rings. The molecule has 22 heavy (non-hydrogen) atoms. The van der Waals surface area contributed by atoms with Crippen LogP contribution < -0.4 is 5.73 Å². The normalized spacial score (nSPS) is 19.1. The van der Waals surface area contributed by atoms with E-state index in [2.05, 4.69) is 15.9 Å². The lowest BCUT2D eigenvalue weighted by Gasteiger charge is -2.33. The fourth-order valence-corrected chi connectivity index (χ4v) is 2.97. The number of hydrogen-bond acceptors (Lipinski definition) is 2. The molecule has 4 nitrogen and oxygen atoms in total. The molecule has 0 unspecified atom stereocenters. The lowest BCUT2D eigenvalue weighted by Crippen LogP contribution is -2.49. The first kappa shape index (κ1) is 16.8. The van der Waals surface area contributed by atoms with Crippen molar-refractivity contribution in [3.8, 4) is 0 Å². The van der Waals surface area contributed by atoms with Gasteiger partial charge in [0, 0.05) is 18.7 Å². The molecule has 1 aromatic carbocycles. The summed E-state index contributed by atoms with van der Waals surface area (Å²) in [4.78, 5) is 24.2. The number of likely N-dealkylation sites (tertiary alicyclic amines) is 1. The summed E-state index contributed by atoms with van der Waals surface area (Å²) in [5, 5.41) is 0. The van der Waals surface area contributed by atoms with E-state index in [-0.39, 0.29) is 13.1 Å². The van der Waals surface area contributed by atoms with E-state index in [1.54, 1.807) is 0 Å². The predicted octanol–water partition coefficient (Wildman–Crippen LogP) is 2.40. The summed E-state index contributed by atoms with van der Waals surface area (Å²) < 4.78 is 41.8. The Hall–Kier alpha value is -1.57. The molecule has 2 rings (SSSR count). The van der Waals surface area contributed by atoms with E-state index in [1.165, 1.54) is 0 Å². The van der Waals surface area contributed by atoms with Crippen molar-refractivity contribution in [2.24, 2.45) is 11.7 Å². The molecule has 1 atom stereocenters. The molecule has 2 amide bonds. The molecule has 2 N–H and O–H groups in total. The molecule has 0 radical (unpaired) electrons. The van der Waals surface area contributed by atoms with Crippen LogP contribution in [-0.4, -0.2) is 29.8 Å². The van der Waals surface area contributed by atoms with E-state index in [0.717, 1.165) is 23.1 Å². The van der Waals surface area contributed by atoms with E-state index in [4.69, 9.17) is 5.73 Å². The average Bonchev–Trinajstić information content (AvgIpc) is 2.49. The van der Waals surface area contributed by atoms with E-state index in [1.807, 2.05) is 0 Å². The Balaban J connectivity index is 2.27. The van der Waals surface area contributed by atoms with Crippen LogP contribution in [0.2, 0.25) is 0 Å². The number of halogens is 4. The zero-order valence-corrected chi connectivity index (χ0v) is 13.1. The first-order valence-electron chi connectivity index (χ1n) is 6.66. The Morgan fingerprint density at radius 3 is 2.68 bits per heavy atom. The van der Waals surface area contributed by atoms with Gasteiger partial charge >= 0.3 is 5.92 Å². The molecule has 0 bridgehead atoms. The molecule has 1 aliphatic rings. The third-order valence-corrected chi connectivity index (χ3v) is 4.48. The molecule has 1 heterocycles. The summed E-state index contributed by atoms with van der Waals surface area (Å²) in [6.45, 7) is -0.0260. The molecule has 0 aliphatic carbocycles. The van der Waals surface area contributed by atoms with Crippen LogP contribution in [0.25, 0.3) is 0 Å². The van der Waals surface area contributed by atoms with Crippen molar-refractivity contribution in [3.05, 3.63) is 34.1 Å². The maximum Gasteiger partial charge on any atom is 0.351 e. The van der Waals surface area contributed by atoms with E-state index in [0.29, 0.717) is 12.8 Å². The second-order valence-electron chi connectivity index (χ2n) is 5.17. The van der Waals surface area contributed by atoms with Crippen LogP contribution >= 0.6 is 15.9 Å². The van der Waals surface area contributed by atoms with E-state index < -0.39 is 39.5 Å². The number of nitrogens with zero attached hydrogens (tertiary/aromatic N) is 1. The van der Waals surface area contributed by atoms with Gasteiger partial charge in [-0.25, -0.2) is 4.39 Å². The van der Waals surface area contributed by atoms with Crippen molar-refractivity contribution in [1.82, 2.24) is 4.90 Å². The Bertz CT molecular complexity index is 610. The third-order valence-electron chi connectivity index (χ3n) is 3.67. The maximum atomic E-state index is 14.4. The van der Waals surface area contributed by atoms with Gasteiger partial charge in [0.25, 0.3) is 5.91 Å². The largest absolute Gasteiger partial charge is 0.369 e. The standard InChI is InChI=1S/C14H14BrF3N2O2/c15-11-9(4-1-5-10(11)16)14(17,18)13(22)20-6-2-3-8(7-20)12(19)21/h1,4-5,8H,2-3,6-7H2,(H2,19,21)/t8-/m0/s1. The number of nitrogens with two attached hydrogens (primary N) is 1. The summed E-state index contributed by atoms with van der Waals surface area (Å²) in [6.07, 6.45) is 0.883. The van der Waals surface area contributed by atoms with E-state index in [9.17, 15) is 22.8 Å². The minimum absolute atomic E-state index is 0.116. The minimum atomic E-state index is -3.89. The molecule has 0 spiro atoms. The number of rotatable bonds is 3. The van der Waals surface area contributed by atoms with Crippen molar-refractivity contribution in [1.29, 1.82) is 0 Å². The van der Waals surface area contributed by atoms with Gasteiger partial charge in [-0.1, -0.05) is 12.1 Å². The Morgan fingerprint density at radius 2 is 2.05 bits per heavy atom. The number of carbonyl (C=O) groups is 2. The van der Waals surface area contributed by atoms with Gasteiger partial charge in [0.2, 0.25) is 5.91 Å². The van der Waals surface area contributed by atoms with Crippen molar-refractivity contribution < 1.29 is 22.8 Å². The van der Waals surface area contributed by atoms with Gasteiger partial charge in [-0.2, -0.15) is 8.78 Å². The molecule has 1 aromatic rings. The molecule has 0 saturated carbocycles. The van der Waals surface area contributed by atoms with Gasteiger partial charge in [0.05, 0.1) is 10.4 Å². The monoisotopic (exact) mass is 378 g/mol. The molecule has 120 valence electrons. The van der Waals surface area contributed by atoms with Crippen molar-refractivity contribution in [2.75, 3.05) is 13.1 Å². The predicted molar refractivity (Wildman–Crippen MR) is 76.5 cm³/mol. The van der Waals surface area contributed by atoms with Crippen molar-refractivity contribution in [3.63, 3.8) is 0 Å². The number of alkyl halides is 2. The SMILES string of the molecule is NC(=O)[C@H]1CCCN(C(=O)C(F)(F)c2cccc(F)c2Br)C1. The van der Waals surface area contributed by atoms with Crippen LogP contribution in [0, 0.1) is 11.7 Å². The summed E-state index contributed by atoms with van der Waals surface area (Å²) in [6, 6.07) is 3.11. The highest BCUT2D eigenvalue weighted by atomic mass is 79.9. The van der Waals surface area contributed by atoms with Crippen LogP contribution in [0.4, 0.5) is 13.2 Å². The average molecular weight is 379 g/mol. The van der Waals surface area contributed by atoms with Crippen LogP contribution in [0.1, 0.15) is 18.4 Å². The van der Waals surface area contributed by atoms with Gasteiger partial charge in [0.15, 0.2) is 0 Å². The number of primary amides is 1. The number of piperidine rings is 1. The smallest absolute Gasteiger partial charge is 0.351 e. The Labute approximate surface area is 133 Å². The van der Waals surface area contributed by atoms with Crippen LogP contribution in [0.5, 0.6) is 0 Å².